The van der Waals surface area contributed by atoms with Crippen LogP contribution in [0.25, 0.3) is 0 Å². The van der Waals surface area contributed by atoms with E-state index in [1.54, 1.807) is 6.08 Å². The van der Waals surface area contributed by atoms with Crippen LogP contribution in [0.3, 0.4) is 0 Å². The van der Waals surface area contributed by atoms with Gasteiger partial charge in [-0.2, -0.15) is 0 Å². The summed E-state index contributed by atoms with van der Waals surface area (Å²) in [6, 6.07) is -0.743. The molecule has 5 N–H and O–H groups in total. The average Bonchev–Trinajstić information content (AvgIpc) is 3.17. The van der Waals surface area contributed by atoms with E-state index in [0.29, 0.717) is 19.4 Å². The summed E-state index contributed by atoms with van der Waals surface area (Å²) in [6.07, 6.45) is 50.8. The Morgan fingerprint density at radius 3 is 1.09 bits per heavy atom. The first-order valence-electron chi connectivity index (χ1n) is 24.1. The number of amides is 1. The summed E-state index contributed by atoms with van der Waals surface area (Å²) in [7, 11) is 0. The quantitative estimate of drug-likeness (QED) is 0.0313. The highest BCUT2D eigenvalue weighted by molar-refractivity contribution is 5.76. The molecule has 0 aromatic heterocycles. The Morgan fingerprint density at radius 2 is 0.759 bits per heavy atom. The first kappa shape index (κ1) is 53.0. The number of rotatable bonds is 45. The number of hydrogen-bond donors (Lipinski definition) is 5. The van der Waals surface area contributed by atoms with Gasteiger partial charge in [0.15, 0.2) is 0 Å². The van der Waals surface area contributed by atoms with Gasteiger partial charge in [0.05, 0.1) is 24.9 Å². The molecule has 0 saturated carbocycles. The Hall–Kier alpha value is -0.950. The van der Waals surface area contributed by atoms with Crippen molar-refractivity contribution < 1.29 is 25.2 Å². The van der Waals surface area contributed by atoms with Crippen molar-refractivity contribution in [3.8, 4) is 0 Å². The molecule has 1 unspecified atom stereocenters. The maximum atomic E-state index is 12.4. The molecule has 0 rings (SSSR count). The minimum Gasteiger partial charge on any atom is -0.396 e. The molecule has 0 spiro atoms. The molecule has 0 aliphatic rings. The average molecular weight is 766 g/mol. The molecule has 0 heterocycles. The Balaban J connectivity index is 3.50. The van der Waals surface area contributed by atoms with Gasteiger partial charge < -0.3 is 25.7 Å². The molecular formula is C48H95NO5. The first-order chi connectivity index (χ1) is 26.5. The van der Waals surface area contributed by atoms with Crippen LogP contribution in [0.2, 0.25) is 0 Å². The molecular weight excluding hydrogens is 671 g/mol. The SMILES string of the molecule is CCCCCCCCCCCCC(O)/C=C/[C@@H](O)[C@H](CO)NC(=O)CCCCCCCCCCCCCCCCCCCCCCCCCCCCCO. The van der Waals surface area contributed by atoms with Gasteiger partial charge in [-0.1, -0.05) is 244 Å². The molecule has 0 saturated heterocycles. The van der Waals surface area contributed by atoms with Crippen LogP contribution in [0, 0.1) is 0 Å². The van der Waals surface area contributed by atoms with Crippen LogP contribution in [0.4, 0.5) is 0 Å². The second kappa shape index (κ2) is 44.8. The van der Waals surface area contributed by atoms with Crippen LogP contribution in [-0.2, 0) is 4.79 Å². The Kier molecular flexibility index (Phi) is 44.0. The number of hydrogen-bond acceptors (Lipinski definition) is 5. The van der Waals surface area contributed by atoms with Gasteiger partial charge in [-0.3, -0.25) is 4.79 Å². The molecule has 0 bridgehead atoms. The molecule has 6 nitrogen and oxygen atoms in total. The standard InChI is InChI=1S/C48H95NO5/c1-2-3-4-5-6-7-27-30-33-36-39-45(52)41-42-47(53)46(44-51)49-48(54)40-37-34-31-28-25-23-21-19-17-15-13-11-9-8-10-12-14-16-18-20-22-24-26-29-32-35-38-43-50/h41-42,45-47,50-53H,2-40,43-44H2,1H3,(H,49,54)/b42-41+/t45?,46-,47+/m0/s1. The van der Waals surface area contributed by atoms with Crippen molar-refractivity contribution in [3.63, 3.8) is 0 Å². The van der Waals surface area contributed by atoms with Crippen molar-refractivity contribution in [2.45, 2.75) is 276 Å². The van der Waals surface area contributed by atoms with E-state index in [-0.39, 0.29) is 12.5 Å². The molecule has 322 valence electrons. The zero-order valence-electron chi connectivity index (χ0n) is 36.1. The van der Waals surface area contributed by atoms with Crippen molar-refractivity contribution in [1.29, 1.82) is 0 Å². The second-order valence-corrected chi connectivity index (χ2v) is 16.8. The van der Waals surface area contributed by atoms with Crippen LogP contribution < -0.4 is 5.32 Å². The third-order valence-corrected chi connectivity index (χ3v) is 11.4. The van der Waals surface area contributed by atoms with E-state index in [9.17, 15) is 20.1 Å². The monoisotopic (exact) mass is 766 g/mol. The molecule has 0 aliphatic carbocycles. The third-order valence-electron chi connectivity index (χ3n) is 11.4. The first-order valence-corrected chi connectivity index (χ1v) is 24.1. The number of nitrogens with one attached hydrogen (secondary N) is 1. The fraction of sp³-hybridized carbons (Fsp3) is 0.938. The van der Waals surface area contributed by atoms with Gasteiger partial charge in [-0.25, -0.2) is 0 Å². The van der Waals surface area contributed by atoms with E-state index >= 15 is 0 Å². The number of carbonyl (C=O) groups is 1. The highest BCUT2D eigenvalue weighted by atomic mass is 16.3. The Bertz CT molecular complexity index is 761. The van der Waals surface area contributed by atoms with Crippen molar-refractivity contribution in [2.75, 3.05) is 13.2 Å². The van der Waals surface area contributed by atoms with Crippen molar-refractivity contribution in [3.05, 3.63) is 12.2 Å². The van der Waals surface area contributed by atoms with Gasteiger partial charge >= 0.3 is 0 Å². The molecule has 0 aliphatic heterocycles. The van der Waals surface area contributed by atoms with Gasteiger partial charge in [0.25, 0.3) is 0 Å². The second-order valence-electron chi connectivity index (χ2n) is 16.8. The topological polar surface area (TPSA) is 110 Å². The van der Waals surface area contributed by atoms with E-state index < -0.39 is 18.2 Å². The number of carbonyl (C=O) groups excluding carboxylic acids is 1. The molecule has 0 aromatic carbocycles. The molecule has 0 radical (unpaired) electrons. The Labute approximate surface area is 336 Å². The lowest BCUT2D eigenvalue weighted by atomic mass is 10.0. The van der Waals surface area contributed by atoms with Crippen LogP contribution in [0.5, 0.6) is 0 Å². The number of unbranched alkanes of at least 4 members (excludes halogenated alkanes) is 35. The minimum atomic E-state index is -1.01. The summed E-state index contributed by atoms with van der Waals surface area (Å²) in [5, 5.41) is 42.0. The predicted molar refractivity (Wildman–Crippen MR) is 233 cm³/mol. The van der Waals surface area contributed by atoms with E-state index in [1.165, 1.54) is 205 Å². The number of aliphatic hydroxyl groups is 4. The van der Waals surface area contributed by atoms with E-state index in [1.807, 2.05) is 0 Å². The number of aliphatic hydroxyl groups excluding tert-OH is 4. The summed E-state index contributed by atoms with van der Waals surface area (Å²) in [5.74, 6) is -0.127. The zero-order chi connectivity index (χ0) is 39.4. The highest BCUT2D eigenvalue weighted by Crippen LogP contribution is 2.17. The van der Waals surface area contributed by atoms with Gasteiger partial charge in [0, 0.05) is 13.0 Å². The van der Waals surface area contributed by atoms with E-state index in [0.717, 1.165) is 38.5 Å². The summed E-state index contributed by atoms with van der Waals surface area (Å²) in [4.78, 5) is 12.4. The lowest BCUT2D eigenvalue weighted by Crippen LogP contribution is -2.45. The van der Waals surface area contributed by atoms with Crippen LogP contribution in [0.15, 0.2) is 12.2 Å². The zero-order valence-corrected chi connectivity index (χ0v) is 36.1. The van der Waals surface area contributed by atoms with Crippen LogP contribution >= 0.6 is 0 Å². The lowest BCUT2D eigenvalue weighted by Gasteiger charge is -2.20. The molecule has 0 aromatic rings. The summed E-state index contributed by atoms with van der Waals surface area (Å²) >= 11 is 0. The highest BCUT2D eigenvalue weighted by Gasteiger charge is 2.18. The predicted octanol–water partition coefficient (Wildman–Crippen LogP) is 13.0. The van der Waals surface area contributed by atoms with E-state index in [2.05, 4.69) is 12.2 Å². The van der Waals surface area contributed by atoms with Crippen molar-refractivity contribution >= 4 is 5.91 Å². The normalized spacial score (nSPS) is 13.5. The maximum Gasteiger partial charge on any atom is 0.220 e. The maximum absolute atomic E-state index is 12.4. The largest absolute Gasteiger partial charge is 0.396 e. The molecule has 6 heteroatoms. The fourth-order valence-corrected chi connectivity index (χ4v) is 7.65. The summed E-state index contributed by atoms with van der Waals surface area (Å²) in [6.45, 7) is 2.27. The van der Waals surface area contributed by atoms with Crippen molar-refractivity contribution in [2.24, 2.45) is 0 Å². The van der Waals surface area contributed by atoms with Gasteiger partial charge in [-0.15, -0.1) is 0 Å². The minimum absolute atomic E-state index is 0.127. The fourth-order valence-electron chi connectivity index (χ4n) is 7.65. The molecule has 0 fully saturated rings. The molecule has 54 heavy (non-hydrogen) atoms. The smallest absolute Gasteiger partial charge is 0.220 e. The lowest BCUT2D eigenvalue weighted by molar-refractivity contribution is -0.123. The Morgan fingerprint density at radius 1 is 0.444 bits per heavy atom. The molecule has 3 atom stereocenters. The van der Waals surface area contributed by atoms with Crippen molar-refractivity contribution in [1.82, 2.24) is 5.32 Å². The van der Waals surface area contributed by atoms with Crippen LogP contribution in [0.1, 0.15) is 257 Å². The summed E-state index contributed by atoms with van der Waals surface area (Å²) in [5.41, 5.74) is 0. The van der Waals surface area contributed by atoms with Gasteiger partial charge in [-0.05, 0) is 19.3 Å². The van der Waals surface area contributed by atoms with Gasteiger partial charge in [0.1, 0.15) is 0 Å². The van der Waals surface area contributed by atoms with E-state index in [4.69, 9.17) is 5.11 Å². The van der Waals surface area contributed by atoms with Crippen LogP contribution in [-0.4, -0.2) is 57.8 Å². The summed E-state index contributed by atoms with van der Waals surface area (Å²) < 4.78 is 0. The third kappa shape index (κ3) is 40.7. The van der Waals surface area contributed by atoms with Gasteiger partial charge in [0.2, 0.25) is 5.91 Å². The molecule has 1 amide bonds.